The minimum absolute atomic E-state index is 0.229. The van der Waals surface area contributed by atoms with Gasteiger partial charge in [0.15, 0.2) is 0 Å². The molecule has 0 aliphatic rings. The Bertz CT molecular complexity index is 494. The summed E-state index contributed by atoms with van der Waals surface area (Å²) in [5.41, 5.74) is 6.29. The van der Waals surface area contributed by atoms with E-state index in [0.29, 0.717) is 11.7 Å². The van der Waals surface area contributed by atoms with Gasteiger partial charge >= 0.3 is 0 Å². The number of nitrogens with two attached hydrogens (primary N) is 1. The number of nitrogens with zero attached hydrogens (tertiary/aromatic N) is 2. The second-order valence-corrected chi connectivity index (χ2v) is 4.51. The zero-order valence-corrected chi connectivity index (χ0v) is 10.9. The summed E-state index contributed by atoms with van der Waals surface area (Å²) in [6.07, 6.45) is 5.19. The highest BCUT2D eigenvalue weighted by Gasteiger charge is 2.08. The van der Waals surface area contributed by atoms with E-state index in [9.17, 15) is 5.11 Å². The SMILES string of the molecule is NCCCCCCc1nc(-c2ccc(O)cc2)no1. The average Bonchev–Trinajstić information content (AvgIpc) is 2.88. The lowest BCUT2D eigenvalue weighted by Gasteiger charge is -1.96. The number of unbranched alkanes of at least 4 members (excludes halogenated alkanes) is 3. The number of aromatic hydroxyl groups is 1. The Morgan fingerprint density at radius 1 is 1.05 bits per heavy atom. The molecule has 0 bridgehead atoms. The number of rotatable bonds is 7. The Hall–Kier alpha value is -1.88. The van der Waals surface area contributed by atoms with Crippen molar-refractivity contribution >= 4 is 0 Å². The second kappa shape index (κ2) is 6.89. The third kappa shape index (κ3) is 4.06. The molecule has 2 aromatic rings. The van der Waals surface area contributed by atoms with Crippen molar-refractivity contribution in [3.8, 4) is 17.1 Å². The van der Waals surface area contributed by atoms with Crippen LogP contribution in [0.25, 0.3) is 11.4 Å². The van der Waals surface area contributed by atoms with E-state index in [1.165, 1.54) is 0 Å². The lowest BCUT2D eigenvalue weighted by Crippen LogP contribution is -1.97. The molecule has 0 amide bonds. The summed E-state index contributed by atoms with van der Waals surface area (Å²) < 4.78 is 5.21. The highest BCUT2D eigenvalue weighted by Crippen LogP contribution is 2.19. The fraction of sp³-hybridized carbons (Fsp3) is 0.429. The molecule has 1 aromatic heterocycles. The van der Waals surface area contributed by atoms with Crippen molar-refractivity contribution in [1.82, 2.24) is 10.1 Å². The van der Waals surface area contributed by atoms with Crippen LogP contribution in [0.5, 0.6) is 5.75 Å². The molecule has 1 heterocycles. The number of phenolic OH excluding ortho intramolecular Hbond substituents is 1. The Morgan fingerprint density at radius 3 is 2.53 bits per heavy atom. The third-order valence-electron chi connectivity index (χ3n) is 2.94. The van der Waals surface area contributed by atoms with Crippen LogP contribution >= 0.6 is 0 Å². The van der Waals surface area contributed by atoms with Crippen molar-refractivity contribution in [3.63, 3.8) is 0 Å². The van der Waals surface area contributed by atoms with Gasteiger partial charge < -0.3 is 15.4 Å². The zero-order valence-electron chi connectivity index (χ0n) is 10.9. The van der Waals surface area contributed by atoms with E-state index < -0.39 is 0 Å². The molecular formula is C14H19N3O2. The standard InChI is InChI=1S/C14H19N3O2/c15-10-4-2-1-3-5-13-16-14(17-19-13)11-6-8-12(18)9-7-11/h6-9,18H,1-5,10,15H2. The maximum atomic E-state index is 9.22. The van der Waals surface area contributed by atoms with Gasteiger partial charge in [0.2, 0.25) is 11.7 Å². The van der Waals surface area contributed by atoms with Gasteiger partial charge in [-0.15, -0.1) is 0 Å². The summed E-state index contributed by atoms with van der Waals surface area (Å²) in [5.74, 6) is 1.46. The van der Waals surface area contributed by atoms with Crippen molar-refractivity contribution in [1.29, 1.82) is 0 Å². The van der Waals surface area contributed by atoms with E-state index in [1.807, 2.05) is 0 Å². The zero-order chi connectivity index (χ0) is 13.5. The quantitative estimate of drug-likeness (QED) is 0.748. The molecule has 19 heavy (non-hydrogen) atoms. The van der Waals surface area contributed by atoms with Crippen LogP contribution < -0.4 is 5.73 Å². The first kappa shape index (κ1) is 13.5. The average molecular weight is 261 g/mol. The molecule has 0 aliphatic carbocycles. The summed E-state index contributed by atoms with van der Waals surface area (Å²) in [7, 11) is 0. The maximum Gasteiger partial charge on any atom is 0.226 e. The van der Waals surface area contributed by atoms with Crippen LogP contribution in [0, 0.1) is 0 Å². The minimum atomic E-state index is 0.229. The number of hydrogen-bond donors (Lipinski definition) is 2. The number of aryl methyl sites for hydroxylation is 1. The summed E-state index contributed by atoms with van der Waals surface area (Å²) in [5, 5.41) is 13.2. The Morgan fingerprint density at radius 2 is 1.79 bits per heavy atom. The predicted octanol–water partition coefficient (Wildman–Crippen LogP) is 2.50. The lowest BCUT2D eigenvalue weighted by molar-refractivity contribution is 0.374. The number of aromatic nitrogens is 2. The van der Waals surface area contributed by atoms with Crippen LogP contribution in [0.1, 0.15) is 31.6 Å². The number of hydrogen-bond acceptors (Lipinski definition) is 5. The largest absolute Gasteiger partial charge is 0.508 e. The highest BCUT2D eigenvalue weighted by molar-refractivity contribution is 5.55. The van der Waals surface area contributed by atoms with E-state index in [0.717, 1.165) is 44.2 Å². The van der Waals surface area contributed by atoms with Crippen molar-refractivity contribution in [2.24, 2.45) is 5.73 Å². The fourth-order valence-electron chi connectivity index (χ4n) is 1.86. The molecular weight excluding hydrogens is 242 g/mol. The van der Waals surface area contributed by atoms with Gasteiger partial charge in [0.05, 0.1) is 0 Å². The molecule has 5 nitrogen and oxygen atoms in total. The molecule has 5 heteroatoms. The molecule has 0 fully saturated rings. The normalized spacial score (nSPS) is 10.8. The van der Waals surface area contributed by atoms with Crippen LogP contribution in [0.2, 0.25) is 0 Å². The van der Waals surface area contributed by atoms with Gasteiger partial charge in [-0.1, -0.05) is 18.0 Å². The molecule has 1 aromatic carbocycles. The van der Waals surface area contributed by atoms with Crippen LogP contribution in [0.15, 0.2) is 28.8 Å². The van der Waals surface area contributed by atoms with Crippen molar-refractivity contribution < 1.29 is 9.63 Å². The summed E-state index contributed by atoms with van der Waals surface area (Å²) in [6.45, 7) is 0.756. The Balaban J connectivity index is 1.86. The van der Waals surface area contributed by atoms with Gasteiger partial charge in [0, 0.05) is 12.0 Å². The Kier molecular flexibility index (Phi) is 4.92. The number of benzene rings is 1. The van der Waals surface area contributed by atoms with Crippen molar-refractivity contribution in [2.45, 2.75) is 32.1 Å². The molecule has 0 aliphatic heterocycles. The first-order valence-electron chi connectivity index (χ1n) is 6.61. The van der Waals surface area contributed by atoms with Gasteiger partial charge in [0.1, 0.15) is 5.75 Å². The van der Waals surface area contributed by atoms with Crippen molar-refractivity contribution in [2.75, 3.05) is 6.54 Å². The van der Waals surface area contributed by atoms with Crippen LogP contribution in [-0.2, 0) is 6.42 Å². The molecule has 0 unspecified atom stereocenters. The van der Waals surface area contributed by atoms with E-state index in [-0.39, 0.29) is 5.75 Å². The van der Waals surface area contributed by atoms with Gasteiger partial charge in [0.25, 0.3) is 0 Å². The van der Waals surface area contributed by atoms with E-state index in [1.54, 1.807) is 24.3 Å². The molecule has 0 spiro atoms. The molecule has 2 rings (SSSR count). The monoisotopic (exact) mass is 261 g/mol. The summed E-state index contributed by atoms with van der Waals surface area (Å²) >= 11 is 0. The molecule has 3 N–H and O–H groups in total. The molecule has 0 radical (unpaired) electrons. The maximum absolute atomic E-state index is 9.22. The topological polar surface area (TPSA) is 85.2 Å². The first-order valence-corrected chi connectivity index (χ1v) is 6.61. The molecule has 0 atom stereocenters. The van der Waals surface area contributed by atoms with Gasteiger partial charge in [-0.25, -0.2) is 0 Å². The van der Waals surface area contributed by atoms with Crippen LogP contribution in [0.4, 0.5) is 0 Å². The van der Waals surface area contributed by atoms with E-state index in [2.05, 4.69) is 10.1 Å². The first-order chi connectivity index (χ1) is 9.29. The van der Waals surface area contributed by atoms with Gasteiger partial charge in [-0.2, -0.15) is 4.98 Å². The van der Waals surface area contributed by atoms with E-state index in [4.69, 9.17) is 10.3 Å². The Labute approximate surface area is 112 Å². The fourth-order valence-corrected chi connectivity index (χ4v) is 1.86. The second-order valence-electron chi connectivity index (χ2n) is 4.51. The predicted molar refractivity (Wildman–Crippen MR) is 72.6 cm³/mol. The molecule has 102 valence electrons. The van der Waals surface area contributed by atoms with Crippen LogP contribution in [-0.4, -0.2) is 21.8 Å². The summed E-state index contributed by atoms with van der Waals surface area (Å²) in [4.78, 5) is 4.34. The van der Waals surface area contributed by atoms with Gasteiger partial charge in [-0.05, 0) is 43.7 Å². The lowest BCUT2D eigenvalue weighted by atomic mass is 10.1. The smallest absolute Gasteiger partial charge is 0.226 e. The van der Waals surface area contributed by atoms with Crippen molar-refractivity contribution in [3.05, 3.63) is 30.2 Å². The third-order valence-corrected chi connectivity index (χ3v) is 2.94. The highest BCUT2D eigenvalue weighted by atomic mass is 16.5. The van der Waals surface area contributed by atoms with E-state index >= 15 is 0 Å². The van der Waals surface area contributed by atoms with Crippen LogP contribution in [0.3, 0.4) is 0 Å². The molecule has 0 saturated carbocycles. The summed E-state index contributed by atoms with van der Waals surface area (Å²) in [6, 6.07) is 6.76. The number of phenols is 1. The minimum Gasteiger partial charge on any atom is -0.508 e. The molecule has 0 saturated heterocycles. The van der Waals surface area contributed by atoms with Gasteiger partial charge in [-0.3, -0.25) is 0 Å².